The van der Waals surface area contributed by atoms with Gasteiger partial charge in [0, 0.05) is 13.0 Å². The van der Waals surface area contributed by atoms with Crippen molar-refractivity contribution in [3.05, 3.63) is 0 Å². The molecule has 0 aliphatic heterocycles. The lowest BCUT2D eigenvalue weighted by Crippen LogP contribution is -2.54. The van der Waals surface area contributed by atoms with Gasteiger partial charge in [-0.2, -0.15) is 0 Å². The van der Waals surface area contributed by atoms with Gasteiger partial charge in [-0.15, -0.1) is 0 Å². The number of nitrogens with one attached hydrogen (secondary N) is 3. The second-order valence-corrected chi connectivity index (χ2v) is 9.40. The molecule has 174 valence electrons. The highest BCUT2D eigenvalue weighted by atomic mass is 16.6. The number of carbonyl (C=O) groups is 4. The van der Waals surface area contributed by atoms with Crippen molar-refractivity contribution in [3.8, 4) is 0 Å². The Hall–Kier alpha value is -2.36. The lowest BCUT2D eigenvalue weighted by atomic mass is 10.1. The molecule has 4 N–H and O–H groups in total. The van der Waals surface area contributed by atoms with Crippen LogP contribution in [0.25, 0.3) is 0 Å². The number of alkyl carbamates (subject to hydrolysis) is 1. The molecule has 0 spiro atoms. The summed E-state index contributed by atoms with van der Waals surface area (Å²) in [5, 5.41) is 16.5. The summed E-state index contributed by atoms with van der Waals surface area (Å²) in [5.41, 5.74) is -0.722. The van der Waals surface area contributed by atoms with Crippen LogP contribution in [0.5, 0.6) is 0 Å². The minimum atomic E-state index is -1.30. The molecule has 0 heterocycles. The average Bonchev–Trinajstić information content (AvgIpc) is 2.54. The number of carboxylic acid groups (broad SMARTS) is 1. The Balaban J connectivity index is 4.36. The van der Waals surface area contributed by atoms with Gasteiger partial charge in [0.1, 0.15) is 17.7 Å². The van der Waals surface area contributed by atoms with E-state index < -0.39 is 35.7 Å². The number of unbranched alkanes of at least 4 members (excludes halogenated alkanes) is 2. The standard InChI is InChI=1S/C20H38N4O6/c1-14(22-19(29)30-20(2,3)4)17(26)23-15(18(27)28)13-21-16(25)11-9-8-10-12-24(5,6)7/h14-15H,8-13H2,1-7H3,(H3-,21,22,23,25,26,27,28,29)/p+1/t14-,15+/m0/s1. The Morgan fingerprint density at radius 3 is 2.10 bits per heavy atom. The zero-order valence-electron chi connectivity index (χ0n) is 19.3. The average molecular weight is 432 g/mol. The molecule has 30 heavy (non-hydrogen) atoms. The molecule has 10 heteroatoms. The van der Waals surface area contributed by atoms with Crippen molar-refractivity contribution in [2.45, 2.75) is 71.1 Å². The van der Waals surface area contributed by atoms with Gasteiger partial charge in [-0.1, -0.05) is 0 Å². The highest BCUT2D eigenvalue weighted by Crippen LogP contribution is 2.07. The van der Waals surface area contributed by atoms with Crippen molar-refractivity contribution in [2.24, 2.45) is 0 Å². The predicted octanol–water partition coefficient (Wildman–Crippen LogP) is 0.852. The Bertz CT molecular complexity index is 595. The topological polar surface area (TPSA) is 134 Å². The molecule has 0 radical (unpaired) electrons. The summed E-state index contributed by atoms with van der Waals surface area (Å²) in [6.45, 7) is 7.24. The third-order valence-electron chi connectivity index (χ3n) is 3.98. The van der Waals surface area contributed by atoms with Crippen LogP contribution in [0.1, 0.15) is 53.4 Å². The van der Waals surface area contributed by atoms with Crippen molar-refractivity contribution in [2.75, 3.05) is 34.2 Å². The van der Waals surface area contributed by atoms with Crippen molar-refractivity contribution in [3.63, 3.8) is 0 Å². The van der Waals surface area contributed by atoms with E-state index in [1.807, 2.05) is 0 Å². The molecular formula is C20H39N4O6+. The first-order valence-corrected chi connectivity index (χ1v) is 10.2. The number of quaternary nitrogens is 1. The van der Waals surface area contributed by atoms with Crippen molar-refractivity contribution < 1.29 is 33.5 Å². The first-order chi connectivity index (χ1) is 13.6. The predicted molar refractivity (Wildman–Crippen MR) is 113 cm³/mol. The summed E-state index contributed by atoms with van der Waals surface area (Å²) in [7, 11) is 6.32. The summed E-state index contributed by atoms with van der Waals surface area (Å²) in [6.07, 6.45) is 2.15. The van der Waals surface area contributed by atoms with Crippen molar-refractivity contribution in [1.29, 1.82) is 0 Å². The van der Waals surface area contributed by atoms with Crippen molar-refractivity contribution in [1.82, 2.24) is 16.0 Å². The van der Waals surface area contributed by atoms with E-state index in [0.717, 1.165) is 23.9 Å². The van der Waals surface area contributed by atoms with E-state index in [0.29, 0.717) is 12.8 Å². The Labute approximate surface area is 179 Å². The molecule has 0 saturated carbocycles. The molecule has 2 atom stereocenters. The number of rotatable bonds is 12. The maximum atomic E-state index is 12.2. The Morgan fingerprint density at radius 2 is 1.60 bits per heavy atom. The van der Waals surface area contributed by atoms with Crippen LogP contribution in [-0.4, -0.2) is 85.4 Å². The molecule has 0 saturated heterocycles. The van der Waals surface area contributed by atoms with Gasteiger partial charge in [0.25, 0.3) is 0 Å². The molecule has 0 aliphatic carbocycles. The molecule has 10 nitrogen and oxygen atoms in total. The number of carbonyl (C=O) groups excluding carboxylic acids is 3. The van der Waals surface area contributed by atoms with Crippen LogP contribution in [-0.2, 0) is 19.1 Å². The van der Waals surface area contributed by atoms with Gasteiger partial charge >= 0.3 is 12.1 Å². The van der Waals surface area contributed by atoms with E-state index in [-0.39, 0.29) is 12.5 Å². The van der Waals surface area contributed by atoms with Crippen molar-refractivity contribution >= 4 is 23.9 Å². The van der Waals surface area contributed by atoms with E-state index in [1.165, 1.54) is 6.92 Å². The van der Waals surface area contributed by atoms with Crippen LogP contribution >= 0.6 is 0 Å². The summed E-state index contributed by atoms with van der Waals surface area (Å²) >= 11 is 0. The van der Waals surface area contributed by atoms with E-state index in [1.54, 1.807) is 20.8 Å². The Morgan fingerprint density at radius 1 is 1.00 bits per heavy atom. The SMILES string of the molecule is C[C@H](NC(=O)OC(C)(C)C)C(=O)N[C@H](CNC(=O)CCCCC[N+](C)(C)C)C(=O)O. The quantitative estimate of drug-likeness (QED) is 0.267. The molecule has 3 amide bonds. The molecular weight excluding hydrogens is 392 g/mol. The number of hydrogen-bond acceptors (Lipinski definition) is 5. The maximum absolute atomic E-state index is 12.2. The van der Waals surface area contributed by atoms with Crippen LogP contribution in [0.2, 0.25) is 0 Å². The van der Waals surface area contributed by atoms with E-state index in [9.17, 15) is 24.3 Å². The zero-order valence-corrected chi connectivity index (χ0v) is 19.3. The second-order valence-electron chi connectivity index (χ2n) is 9.40. The van der Waals surface area contributed by atoms with E-state index in [2.05, 4.69) is 37.1 Å². The zero-order chi connectivity index (χ0) is 23.5. The van der Waals surface area contributed by atoms with Crippen LogP contribution in [0.3, 0.4) is 0 Å². The fraction of sp³-hybridized carbons (Fsp3) is 0.800. The van der Waals surface area contributed by atoms with Gasteiger partial charge < -0.3 is 30.3 Å². The van der Waals surface area contributed by atoms with Crippen LogP contribution in [0.15, 0.2) is 0 Å². The lowest BCUT2D eigenvalue weighted by molar-refractivity contribution is -0.870. The van der Waals surface area contributed by atoms with Crippen LogP contribution in [0, 0.1) is 0 Å². The highest BCUT2D eigenvalue weighted by Gasteiger charge is 2.26. The molecule has 0 unspecified atom stereocenters. The van der Waals surface area contributed by atoms with E-state index in [4.69, 9.17) is 4.74 Å². The molecule has 0 aromatic carbocycles. The molecule has 0 aromatic rings. The number of amides is 3. The normalized spacial score (nSPS) is 13.7. The Kier molecular flexibility index (Phi) is 11.4. The first kappa shape index (κ1) is 27.6. The summed E-state index contributed by atoms with van der Waals surface area (Å²) in [6, 6.07) is -2.30. The van der Waals surface area contributed by atoms with Gasteiger partial charge in [0.2, 0.25) is 11.8 Å². The highest BCUT2D eigenvalue weighted by molar-refractivity contribution is 5.89. The number of nitrogens with zero attached hydrogens (tertiary/aromatic N) is 1. The maximum Gasteiger partial charge on any atom is 0.408 e. The summed E-state index contributed by atoms with van der Waals surface area (Å²) in [5.74, 6) is -2.24. The number of aliphatic carboxylic acids is 1. The lowest BCUT2D eigenvalue weighted by Gasteiger charge is -2.23. The van der Waals surface area contributed by atoms with Crippen LogP contribution < -0.4 is 16.0 Å². The number of hydrogen-bond donors (Lipinski definition) is 4. The second kappa shape index (κ2) is 12.4. The summed E-state index contributed by atoms with van der Waals surface area (Å²) < 4.78 is 5.93. The van der Waals surface area contributed by atoms with E-state index >= 15 is 0 Å². The first-order valence-electron chi connectivity index (χ1n) is 10.2. The third kappa shape index (κ3) is 14.6. The largest absolute Gasteiger partial charge is 0.480 e. The molecule has 0 rings (SSSR count). The molecule has 0 fully saturated rings. The smallest absolute Gasteiger partial charge is 0.408 e. The molecule has 0 aliphatic rings. The van der Waals surface area contributed by atoms with Crippen LogP contribution in [0.4, 0.5) is 4.79 Å². The fourth-order valence-corrected chi connectivity index (χ4v) is 2.40. The minimum Gasteiger partial charge on any atom is -0.480 e. The molecule has 0 bridgehead atoms. The monoisotopic (exact) mass is 431 g/mol. The van der Waals surface area contributed by atoms with Gasteiger partial charge in [-0.25, -0.2) is 9.59 Å². The number of carboxylic acids is 1. The number of ether oxygens (including phenoxy) is 1. The van der Waals surface area contributed by atoms with Gasteiger partial charge in [0.15, 0.2) is 0 Å². The summed E-state index contributed by atoms with van der Waals surface area (Å²) in [4.78, 5) is 47.2. The minimum absolute atomic E-state index is 0.238. The van der Waals surface area contributed by atoms with Gasteiger partial charge in [-0.05, 0) is 47.0 Å². The van der Waals surface area contributed by atoms with Gasteiger partial charge in [0.05, 0.1) is 27.7 Å². The third-order valence-corrected chi connectivity index (χ3v) is 3.98. The molecule has 0 aromatic heterocycles. The fourth-order valence-electron chi connectivity index (χ4n) is 2.40. The van der Waals surface area contributed by atoms with Gasteiger partial charge in [-0.3, -0.25) is 9.59 Å².